The molecule has 0 unspecified atom stereocenters. The highest BCUT2D eigenvalue weighted by Gasteiger charge is 2.44. The van der Waals surface area contributed by atoms with Crippen molar-refractivity contribution < 1.29 is 32.3 Å². The number of hydrogen-bond donors (Lipinski definition) is 2. The van der Waals surface area contributed by atoms with E-state index in [4.69, 9.17) is 19.3 Å². The summed E-state index contributed by atoms with van der Waals surface area (Å²) in [5, 5.41) is 18.8. The van der Waals surface area contributed by atoms with Crippen molar-refractivity contribution >= 4 is 27.3 Å². The first-order chi connectivity index (χ1) is 14.7. The molecule has 2 aromatic carbocycles. The second-order valence-corrected chi connectivity index (χ2v) is 8.81. The van der Waals surface area contributed by atoms with Crippen molar-refractivity contribution in [2.75, 3.05) is 11.9 Å². The molecule has 2 aromatic rings. The van der Waals surface area contributed by atoms with Gasteiger partial charge < -0.3 is 19.5 Å². The van der Waals surface area contributed by atoms with E-state index in [0.717, 1.165) is 43.9 Å². The van der Waals surface area contributed by atoms with Gasteiger partial charge >= 0.3 is 5.69 Å². The maximum atomic E-state index is 12.2. The van der Waals surface area contributed by atoms with Gasteiger partial charge in [-0.25, -0.2) is 13.6 Å². The highest BCUT2D eigenvalue weighted by molar-refractivity contribution is 7.89. The zero-order valence-corrected chi connectivity index (χ0v) is 17.0. The van der Waals surface area contributed by atoms with Crippen LogP contribution in [0, 0.1) is 10.1 Å². The number of nitro groups is 1. The Morgan fingerprint density at radius 3 is 2.55 bits per heavy atom. The lowest BCUT2D eigenvalue weighted by Crippen LogP contribution is -2.34. The van der Waals surface area contributed by atoms with Crippen LogP contribution in [-0.4, -0.2) is 31.6 Å². The van der Waals surface area contributed by atoms with Crippen molar-refractivity contribution in [3.63, 3.8) is 0 Å². The van der Waals surface area contributed by atoms with Gasteiger partial charge in [-0.2, -0.15) is 0 Å². The summed E-state index contributed by atoms with van der Waals surface area (Å²) in [6.07, 6.45) is 3.67. The summed E-state index contributed by atoms with van der Waals surface area (Å²) in [7, 11) is -4.12. The van der Waals surface area contributed by atoms with E-state index < -0.39 is 43.8 Å². The third kappa shape index (κ3) is 4.39. The molecule has 0 aromatic heterocycles. The van der Waals surface area contributed by atoms with Gasteiger partial charge in [0, 0.05) is 30.7 Å². The lowest BCUT2D eigenvalue weighted by atomic mass is 10.2. The Bertz CT molecular complexity index is 1160. The lowest BCUT2D eigenvalue weighted by molar-refractivity contribution is -0.386. The van der Waals surface area contributed by atoms with Gasteiger partial charge in [-0.15, -0.1) is 0 Å². The number of carbonyl (C=O) groups is 1. The Morgan fingerprint density at radius 1 is 1.16 bits per heavy atom. The normalized spacial score (nSPS) is 16.3. The third-order valence-corrected chi connectivity index (χ3v) is 5.91. The fraction of sp³-hybridized carbons (Fsp3) is 0.316. The van der Waals surface area contributed by atoms with Gasteiger partial charge in [0.05, 0.1) is 9.82 Å². The summed E-state index contributed by atoms with van der Waals surface area (Å²) >= 11 is 0. The summed E-state index contributed by atoms with van der Waals surface area (Å²) in [4.78, 5) is 22.2. The number of rotatable bonds is 6. The predicted molar refractivity (Wildman–Crippen MR) is 107 cm³/mol. The number of nitrogens with zero attached hydrogens (tertiary/aromatic N) is 1. The minimum atomic E-state index is -4.12. The SMILES string of the molecule is NS(=O)(=O)c1ccc(OCC(=O)Nc2ccc3c(c2)OC2(CCCC2)O3)c([N+](=O)[O-])c1. The Morgan fingerprint density at radius 2 is 1.87 bits per heavy atom. The number of hydrogen-bond acceptors (Lipinski definition) is 8. The molecule has 1 saturated carbocycles. The van der Waals surface area contributed by atoms with E-state index in [2.05, 4.69) is 5.32 Å². The van der Waals surface area contributed by atoms with E-state index in [1.165, 1.54) is 0 Å². The molecule has 1 aliphatic heterocycles. The van der Waals surface area contributed by atoms with Crippen LogP contribution in [0.3, 0.4) is 0 Å². The molecule has 4 rings (SSSR count). The number of sulfonamides is 1. The van der Waals surface area contributed by atoms with Gasteiger partial charge in [-0.05, 0) is 37.1 Å². The summed E-state index contributed by atoms with van der Waals surface area (Å²) in [5.41, 5.74) is -0.172. The smallest absolute Gasteiger partial charge is 0.312 e. The van der Waals surface area contributed by atoms with Gasteiger partial charge in [0.1, 0.15) is 0 Å². The van der Waals surface area contributed by atoms with Crippen molar-refractivity contribution in [2.45, 2.75) is 36.4 Å². The van der Waals surface area contributed by atoms with Crippen LogP contribution in [0.4, 0.5) is 11.4 Å². The number of nitrogens with two attached hydrogens (primary N) is 1. The summed E-state index contributed by atoms with van der Waals surface area (Å²) in [6.45, 7) is -0.534. The number of benzene rings is 2. The quantitative estimate of drug-likeness (QED) is 0.502. The number of anilines is 1. The van der Waals surface area contributed by atoms with Gasteiger partial charge in [0.25, 0.3) is 11.7 Å². The van der Waals surface area contributed by atoms with Crippen LogP contribution in [0.2, 0.25) is 0 Å². The van der Waals surface area contributed by atoms with E-state index in [-0.39, 0.29) is 5.75 Å². The van der Waals surface area contributed by atoms with Crippen LogP contribution in [0.15, 0.2) is 41.3 Å². The Balaban J connectivity index is 1.41. The average molecular weight is 449 g/mol. The summed E-state index contributed by atoms with van der Waals surface area (Å²) in [6, 6.07) is 7.91. The van der Waals surface area contributed by atoms with Crippen molar-refractivity contribution in [3.8, 4) is 17.2 Å². The van der Waals surface area contributed by atoms with Crippen LogP contribution < -0.4 is 24.7 Å². The highest BCUT2D eigenvalue weighted by atomic mass is 32.2. The molecule has 0 atom stereocenters. The number of amides is 1. The van der Waals surface area contributed by atoms with Crippen molar-refractivity contribution in [3.05, 3.63) is 46.5 Å². The first kappa shape index (κ1) is 20.9. The van der Waals surface area contributed by atoms with Crippen LogP contribution >= 0.6 is 0 Å². The summed E-state index contributed by atoms with van der Waals surface area (Å²) < 4.78 is 39.9. The first-order valence-corrected chi connectivity index (χ1v) is 11.0. The maximum Gasteiger partial charge on any atom is 0.312 e. The third-order valence-electron chi connectivity index (χ3n) is 5.00. The average Bonchev–Trinajstić information content (AvgIpc) is 3.30. The molecule has 1 fully saturated rings. The zero-order valence-electron chi connectivity index (χ0n) is 16.2. The molecule has 11 nitrogen and oxygen atoms in total. The van der Waals surface area contributed by atoms with E-state index >= 15 is 0 Å². The number of primary sulfonamides is 1. The number of fused-ring (bicyclic) bond motifs is 1. The fourth-order valence-corrected chi connectivity index (χ4v) is 4.10. The molecule has 164 valence electrons. The Hall–Kier alpha value is -3.38. The standard InChI is InChI=1S/C19H19N3O8S/c20-31(26,27)13-4-6-15(14(10-13)22(24)25)28-11-18(23)21-12-3-5-16-17(9-12)30-19(29-16)7-1-2-8-19/h3-6,9-10H,1-2,7-8,11H2,(H,21,23)(H2,20,26,27). The number of nitro benzene ring substituents is 1. The second-order valence-electron chi connectivity index (χ2n) is 7.25. The number of carbonyl (C=O) groups excluding carboxylic acids is 1. The van der Waals surface area contributed by atoms with Crippen molar-refractivity contribution in [1.82, 2.24) is 0 Å². The molecule has 1 amide bonds. The minimum absolute atomic E-state index is 0.263. The molecule has 0 saturated heterocycles. The fourth-order valence-electron chi connectivity index (χ4n) is 3.57. The molecule has 0 radical (unpaired) electrons. The monoisotopic (exact) mass is 449 g/mol. The minimum Gasteiger partial charge on any atom is -0.477 e. The molecular weight excluding hydrogens is 430 g/mol. The van der Waals surface area contributed by atoms with Gasteiger partial charge in [-0.1, -0.05) is 0 Å². The molecule has 0 bridgehead atoms. The van der Waals surface area contributed by atoms with E-state index in [1.807, 2.05) is 0 Å². The van der Waals surface area contributed by atoms with E-state index in [1.54, 1.807) is 18.2 Å². The van der Waals surface area contributed by atoms with E-state index in [0.29, 0.717) is 17.2 Å². The van der Waals surface area contributed by atoms with Crippen LogP contribution in [0.25, 0.3) is 0 Å². The predicted octanol–water partition coefficient (Wildman–Crippen LogP) is 2.30. The highest BCUT2D eigenvalue weighted by Crippen LogP contribution is 2.47. The molecule has 2 aliphatic rings. The number of ether oxygens (including phenoxy) is 3. The molecular formula is C19H19N3O8S. The Labute approximate surface area is 177 Å². The lowest BCUT2D eigenvalue weighted by Gasteiger charge is -2.21. The molecule has 12 heteroatoms. The zero-order chi connectivity index (χ0) is 22.2. The van der Waals surface area contributed by atoms with E-state index in [9.17, 15) is 23.3 Å². The van der Waals surface area contributed by atoms with Gasteiger partial charge in [-0.3, -0.25) is 14.9 Å². The Kier molecular flexibility index (Phi) is 5.19. The molecule has 1 spiro atoms. The van der Waals surface area contributed by atoms with Gasteiger partial charge in [0.2, 0.25) is 10.0 Å². The molecule has 3 N–H and O–H groups in total. The molecule has 31 heavy (non-hydrogen) atoms. The van der Waals surface area contributed by atoms with Crippen molar-refractivity contribution in [2.24, 2.45) is 5.14 Å². The van der Waals surface area contributed by atoms with Crippen LogP contribution in [-0.2, 0) is 14.8 Å². The van der Waals surface area contributed by atoms with Crippen LogP contribution in [0.5, 0.6) is 17.2 Å². The second kappa shape index (κ2) is 7.71. The van der Waals surface area contributed by atoms with Crippen molar-refractivity contribution in [1.29, 1.82) is 0 Å². The maximum absolute atomic E-state index is 12.2. The first-order valence-electron chi connectivity index (χ1n) is 9.41. The molecule has 1 aliphatic carbocycles. The van der Waals surface area contributed by atoms with Crippen LogP contribution in [0.1, 0.15) is 25.7 Å². The molecule has 1 heterocycles. The summed E-state index contributed by atoms with van der Waals surface area (Å²) in [5.74, 6) is -0.298. The van der Waals surface area contributed by atoms with Gasteiger partial charge in [0.15, 0.2) is 23.9 Å². The largest absolute Gasteiger partial charge is 0.477 e. The topological polar surface area (TPSA) is 160 Å². The number of nitrogens with one attached hydrogen (secondary N) is 1.